The lowest BCUT2D eigenvalue weighted by Gasteiger charge is -2.43. The van der Waals surface area contributed by atoms with Crippen LogP contribution in [0.2, 0.25) is 0 Å². The van der Waals surface area contributed by atoms with Gasteiger partial charge in [0, 0.05) is 56.6 Å². The van der Waals surface area contributed by atoms with Crippen LogP contribution in [0.25, 0.3) is 67.3 Å². The summed E-state index contributed by atoms with van der Waals surface area (Å²) in [6.45, 7) is 19.1. The maximum Gasteiger partial charge on any atom is 0.159 e. The Balaban J connectivity index is 0.728. The molecule has 0 bridgehead atoms. The lowest BCUT2D eigenvalue weighted by Crippen LogP contribution is -2.31. The normalized spacial score (nSPS) is 16.3. The van der Waals surface area contributed by atoms with Crippen LogP contribution in [0.1, 0.15) is 111 Å². The molecule has 2 aliphatic carbocycles. The van der Waals surface area contributed by atoms with Gasteiger partial charge in [0.15, 0.2) is 5.82 Å². The number of nitrogens with zero attached hydrogens (tertiary/aromatic N) is 4. The molecule has 0 amide bonds. The van der Waals surface area contributed by atoms with E-state index in [-0.39, 0.29) is 21.7 Å². The van der Waals surface area contributed by atoms with E-state index < -0.39 is 0 Å². The summed E-state index contributed by atoms with van der Waals surface area (Å²) in [5.74, 6) is 0.727. The highest BCUT2D eigenvalue weighted by Gasteiger charge is 2.44. The summed E-state index contributed by atoms with van der Waals surface area (Å²) in [5.41, 5.74) is 25.5. The number of benzene rings is 10. The monoisotopic (exact) mass is 1000 g/mol. The third-order valence-corrected chi connectivity index (χ3v) is 18.5. The first-order chi connectivity index (χ1) is 37.7. The van der Waals surface area contributed by atoms with Crippen LogP contribution >= 0.6 is 0 Å². The Labute approximate surface area is 458 Å². The molecule has 11 aromatic rings. The predicted molar refractivity (Wildman–Crippen MR) is 327 cm³/mol. The van der Waals surface area contributed by atoms with Gasteiger partial charge in [0.1, 0.15) is 0 Å². The van der Waals surface area contributed by atoms with Crippen molar-refractivity contribution in [2.45, 2.75) is 77.0 Å². The fourth-order valence-corrected chi connectivity index (χ4v) is 14.1. The Bertz CT molecular complexity index is 4400. The zero-order valence-electron chi connectivity index (χ0n) is 45.6. The van der Waals surface area contributed by atoms with Gasteiger partial charge in [-0.1, -0.05) is 195 Å². The van der Waals surface area contributed by atoms with Crippen molar-refractivity contribution in [3.63, 3.8) is 0 Å². The fourth-order valence-electron chi connectivity index (χ4n) is 14.1. The molecule has 1 aromatic heterocycles. The number of para-hydroxylation sites is 2. The number of fused-ring (bicyclic) bond motifs is 12. The first-order valence-corrected chi connectivity index (χ1v) is 27.6. The molecule has 2 aliphatic heterocycles. The number of anilines is 6. The van der Waals surface area contributed by atoms with E-state index in [1.165, 1.54) is 122 Å². The largest absolute Gasteiger partial charge is 0.310 e. The second kappa shape index (κ2) is 16.3. The fraction of sp³-hybridized carbons (Fsp3) is 0.162. The summed E-state index contributed by atoms with van der Waals surface area (Å²) in [5, 5.41) is 4.97. The van der Waals surface area contributed by atoms with Crippen molar-refractivity contribution in [3.05, 3.63) is 262 Å². The van der Waals surface area contributed by atoms with Crippen molar-refractivity contribution in [1.82, 2.24) is 9.97 Å². The Hall–Kier alpha value is -8.86. The average molecular weight is 1010 g/mol. The van der Waals surface area contributed by atoms with Gasteiger partial charge in [-0.3, -0.25) is 0 Å². The summed E-state index contributed by atoms with van der Waals surface area (Å²) >= 11 is 0. The van der Waals surface area contributed by atoms with Gasteiger partial charge in [-0.05, 0) is 161 Å². The molecule has 10 aromatic carbocycles. The standard InChI is InChI=1S/C74H60N4/c1-71(2)58-21-13-15-23-66(58)77(52-31-28-47-17-9-11-19-49(47)36-52)68-41-62-56(39-64(68)71)54-33-27-45(35-60(54)73(62,5)6)25-26-46-43-75-70(76-44-46)51-30-34-55-57-40-65-69(42-63(57)74(7,8)61(55)38-51)78(67-24-16-14-22-59(67)72(65,3)4)53-32-29-48-18-10-12-20-50(48)37-53/h9-44H,1-8H3/b26-25+. The van der Waals surface area contributed by atoms with Crippen LogP contribution in [0, 0.1) is 0 Å². The Morgan fingerprint density at radius 3 is 1.26 bits per heavy atom. The van der Waals surface area contributed by atoms with Crippen molar-refractivity contribution in [2.24, 2.45) is 0 Å². The van der Waals surface area contributed by atoms with Gasteiger partial charge >= 0.3 is 0 Å². The zero-order valence-corrected chi connectivity index (χ0v) is 45.6. The molecule has 0 saturated heterocycles. The molecule has 0 N–H and O–H groups in total. The van der Waals surface area contributed by atoms with E-state index in [2.05, 4.69) is 271 Å². The quantitative estimate of drug-likeness (QED) is 0.172. The van der Waals surface area contributed by atoms with Crippen LogP contribution < -0.4 is 9.80 Å². The molecule has 0 fully saturated rings. The molecule has 3 heterocycles. The third-order valence-electron chi connectivity index (χ3n) is 18.5. The van der Waals surface area contributed by atoms with E-state index in [4.69, 9.17) is 9.97 Å². The van der Waals surface area contributed by atoms with E-state index in [9.17, 15) is 0 Å². The molecule has 0 unspecified atom stereocenters. The van der Waals surface area contributed by atoms with Gasteiger partial charge < -0.3 is 9.80 Å². The summed E-state index contributed by atoms with van der Waals surface area (Å²) in [6.07, 6.45) is 8.27. The highest BCUT2D eigenvalue weighted by molar-refractivity contribution is 5.97. The molecule has 0 atom stereocenters. The molecule has 4 aliphatic rings. The molecule has 15 rings (SSSR count). The van der Waals surface area contributed by atoms with Crippen LogP contribution in [0.3, 0.4) is 0 Å². The van der Waals surface area contributed by atoms with Crippen molar-refractivity contribution < 1.29 is 0 Å². The van der Waals surface area contributed by atoms with Gasteiger partial charge in [0.2, 0.25) is 0 Å². The summed E-state index contributed by atoms with van der Waals surface area (Å²) in [7, 11) is 0. The maximum absolute atomic E-state index is 5.00. The van der Waals surface area contributed by atoms with Gasteiger partial charge in [0.25, 0.3) is 0 Å². The van der Waals surface area contributed by atoms with Gasteiger partial charge in [-0.2, -0.15) is 0 Å². The van der Waals surface area contributed by atoms with Crippen molar-refractivity contribution in [1.29, 1.82) is 0 Å². The van der Waals surface area contributed by atoms with Crippen molar-refractivity contribution in [3.8, 4) is 33.6 Å². The maximum atomic E-state index is 5.00. The molecule has 376 valence electrons. The van der Waals surface area contributed by atoms with Crippen LogP contribution in [-0.2, 0) is 21.7 Å². The number of hydrogen-bond acceptors (Lipinski definition) is 4. The third kappa shape index (κ3) is 6.65. The van der Waals surface area contributed by atoms with Gasteiger partial charge in [-0.25, -0.2) is 9.97 Å². The van der Waals surface area contributed by atoms with E-state index >= 15 is 0 Å². The summed E-state index contributed by atoms with van der Waals surface area (Å²) < 4.78 is 0. The average Bonchev–Trinajstić information content (AvgIpc) is 3.78. The summed E-state index contributed by atoms with van der Waals surface area (Å²) in [6, 6.07) is 72.8. The topological polar surface area (TPSA) is 32.3 Å². The molecule has 0 saturated carbocycles. The predicted octanol–water partition coefficient (Wildman–Crippen LogP) is 19.5. The lowest BCUT2D eigenvalue weighted by atomic mass is 9.71. The van der Waals surface area contributed by atoms with Gasteiger partial charge in [-0.15, -0.1) is 0 Å². The second-order valence-electron chi connectivity index (χ2n) is 24.3. The first kappa shape index (κ1) is 46.4. The Morgan fingerprint density at radius 2 is 0.731 bits per heavy atom. The molecule has 78 heavy (non-hydrogen) atoms. The van der Waals surface area contributed by atoms with Crippen molar-refractivity contribution in [2.75, 3.05) is 9.80 Å². The summed E-state index contributed by atoms with van der Waals surface area (Å²) in [4.78, 5) is 15.0. The number of hydrogen-bond donors (Lipinski definition) is 0. The van der Waals surface area contributed by atoms with Gasteiger partial charge in [0.05, 0.1) is 22.7 Å². The van der Waals surface area contributed by atoms with E-state index in [0.717, 1.165) is 22.5 Å². The number of rotatable bonds is 5. The molecule has 4 nitrogen and oxygen atoms in total. The SMILES string of the molecule is CC1(C)c2cc(/C=C/c3cnc(-c4ccc5c(c4)C(C)(C)c4cc6c(cc4-5)C(C)(C)c4ccccc4N6c4ccc5ccccc5c4)nc3)ccc2-c2cc3c(cc21)N(c1ccc2ccccc2c1)c1ccccc1C3(C)C. The minimum Gasteiger partial charge on any atom is -0.310 e. The molecular weight excluding hydrogens is 945 g/mol. The molecule has 4 heteroatoms. The van der Waals surface area contributed by atoms with Crippen LogP contribution in [-0.4, -0.2) is 9.97 Å². The van der Waals surface area contributed by atoms with Crippen LogP contribution in [0.4, 0.5) is 34.1 Å². The lowest BCUT2D eigenvalue weighted by molar-refractivity contribution is 0.627. The van der Waals surface area contributed by atoms with Crippen LogP contribution in [0.5, 0.6) is 0 Å². The van der Waals surface area contributed by atoms with Crippen molar-refractivity contribution >= 4 is 67.8 Å². The van der Waals surface area contributed by atoms with E-state index in [1.54, 1.807) is 0 Å². The molecule has 0 radical (unpaired) electrons. The van der Waals surface area contributed by atoms with E-state index in [1.807, 2.05) is 12.4 Å². The smallest absolute Gasteiger partial charge is 0.159 e. The highest BCUT2D eigenvalue weighted by atomic mass is 15.2. The van der Waals surface area contributed by atoms with E-state index in [0.29, 0.717) is 0 Å². The Kier molecular flexibility index (Phi) is 9.72. The minimum atomic E-state index is -0.250. The molecule has 0 spiro atoms. The van der Waals surface area contributed by atoms with Crippen LogP contribution in [0.15, 0.2) is 207 Å². The highest BCUT2D eigenvalue weighted by Crippen LogP contribution is 2.60. The second-order valence-corrected chi connectivity index (χ2v) is 24.3. The molecular formula is C74H60N4. The first-order valence-electron chi connectivity index (χ1n) is 27.6. The number of aromatic nitrogens is 2. The zero-order chi connectivity index (χ0) is 53.0. The minimum absolute atomic E-state index is 0.196. The Morgan fingerprint density at radius 1 is 0.308 bits per heavy atom.